The average Bonchev–Trinajstić information content (AvgIpc) is 2.75. The fourth-order valence-corrected chi connectivity index (χ4v) is 3.36. The Kier molecular flexibility index (Phi) is 4.54. The lowest BCUT2D eigenvalue weighted by Crippen LogP contribution is -2.24. The van der Waals surface area contributed by atoms with E-state index in [2.05, 4.69) is 39.5 Å². The van der Waals surface area contributed by atoms with E-state index in [9.17, 15) is 0 Å². The van der Waals surface area contributed by atoms with Crippen LogP contribution in [0, 0.1) is 10.8 Å². The second-order valence-electron chi connectivity index (χ2n) is 7.43. The molecule has 0 fully saturated rings. The molecule has 0 atom stereocenters. The zero-order chi connectivity index (χ0) is 16.5. The second-order valence-corrected chi connectivity index (χ2v) is 7.43. The van der Waals surface area contributed by atoms with E-state index in [0.29, 0.717) is 12.4 Å². The monoisotopic (exact) mass is 306 g/mol. The first-order chi connectivity index (χ1) is 10.2. The van der Waals surface area contributed by atoms with E-state index >= 15 is 0 Å². The van der Waals surface area contributed by atoms with E-state index in [-0.39, 0.29) is 17.4 Å². The summed E-state index contributed by atoms with van der Waals surface area (Å²) in [5.41, 5.74) is 3.13. The van der Waals surface area contributed by atoms with Gasteiger partial charge in [0.1, 0.15) is 18.1 Å². The van der Waals surface area contributed by atoms with Crippen LogP contribution in [0.25, 0.3) is 5.76 Å². The molecule has 22 heavy (non-hydrogen) atoms. The fourth-order valence-electron chi connectivity index (χ4n) is 3.36. The molecule has 0 radical (unpaired) electrons. The maximum Gasteiger partial charge on any atom is 0.127 e. The summed E-state index contributed by atoms with van der Waals surface area (Å²) in [6, 6.07) is 5.82. The molecule has 122 valence electrons. The summed E-state index contributed by atoms with van der Waals surface area (Å²) in [5.74, 6) is 1.62. The Bertz CT molecular complexity index is 579. The predicted octanol–water partition coefficient (Wildman–Crippen LogP) is 4.50. The SMILES string of the molecule is COc1cc(C2=C(C(C)(C)C)C(C)(C)CO2)ccc1COO. The van der Waals surface area contributed by atoms with Crippen molar-refractivity contribution in [1.82, 2.24) is 0 Å². The molecule has 1 heterocycles. The van der Waals surface area contributed by atoms with Gasteiger partial charge in [-0.2, -0.15) is 0 Å². The molecule has 0 bridgehead atoms. The van der Waals surface area contributed by atoms with Gasteiger partial charge in [0, 0.05) is 16.5 Å². The standard InChI is InChI=1S/C18H26O4/c1-17(2,3)16-15(21-11-18(16,4)5)12-7-8-13(10-22-19)14(9-12)20-6/h7-9,19H,10-11H2,1-6H3. The third-order valence-electron chi connectivity index (χ3n) is 4.00. The van der Waals surface area contributed by atoms with Crippen LogP contribution in [-0.4, -0.2) is 19.0 Å². The first kappa shape index (κ1) is 16.8. The number of hydrogen-bond acceptors (Lipinski definition) is 4. The minimum atomic E-state index is 0.00764. The molecule has 0 aromatic heterocycles. The molecule has 1 aliphatic rings. The normalized spacial score (nSPS) is 17.6. The van der Waals surface area contributed by atoms with Crippen molar-refractivity contribution < 1.29 is 19.6 Å². The van der Waals surface area contributed by atoms with Crippen LogP contribution in [0.2, 0.25) is 0 Å². The lowest BCUT2D eigenvalue weighted by atomic mass is 9.71. The van der Waals surface area contributed by atoms with Gasteiger partial charge in [0.2, 0.25) is 0 Å². The van der Waals surface area contributed by atoms with Crippen LogP contribution >= 0.6 is 0 Å². The van der Waals surface area contributed by atoms with Crippen LogP contribution in [0.1, 0.15) is 45.7 Å². The molecular formula is C18H26O4. The Labute approximate surface area is 132 Å². The first-order valence-electron chi connectivity index (χ1n) is 7.52. The van der Waals surface area contributed by atoms with E-state index in [1.165, 1.54) is 5.57 Å². The molecule has 1 N–H and O–H groups in total. The van der Waals surface area contributed by atoms with Gasteiger partial charge in [-0.3, -0.25) is 5.26 Å². The lowest BCUT2D eigenvalue weighted by molar-refractivity contribution is -0.253. The fraction of sp³-hybridized carbons (Fsp3) is 0.556. The summed E-state index contributed by atoms with van der Waals surface area (Å²) >= 11 is 0. The number of benzene rings is 1. The number of methoxy groups -OCH3 is 1. The summed E-state index contributed by atoms with van der Waals surface area (Å²) < 4.78 is 11.4. The average molecular weight is 306 g/mol. The molecule has 0 aliphatic carbocycles. The van der Waals surface area contributed by atoms with Crippen molar-refractivity contribution in [1.29, 1.82) is 0 Å². The predicted molar refractivity (Wildman–Crippen MR) is 86.5 cm³/mol. The van der Waals surface area contributed by atoms with Gasteiger partial charge in [-0.05, 0) is 17.1 Å². The minimum absolute atomic E-state index is 0.00764. The minimum Gasteiger partial charge on any atom is -0.496 e. The zero-order valence-electron chi connectivity index (χ0n) is 14.3. The van der Waals surface area contributed by atoms with Gasteiger partial charge in [0.05, 0.1) is 13.7 Å². The van der Waals surface area contributed by atoms with Crippen LogP contribution in [0.15, 0.2) is 23.8 Å². The molecule has 0 unspecified atom stereocenters. The van der Waals surface area contributed by atoms with Crippen molar-refractivity contribution in [2.75, 3.05) is 13.7 Å². The van der Waals surface area contributed by atoms with Crippen LogP contribution in [0.4, 0.5) is 0 Å². The van der Waals surface area contributed by atoms with Crippen molar-refractivity contribution in [2.24, 2.45) is 10.8 Å². The van der Waals surface area contributed by atoms with Crippen molar-refractivity contribution in [2.45, 2.75) is 41.2 Å². The van der Waals surface area contributed by atoms with Crippen LogP contribution in [0.5, 0.6) is 5.75 Å². The summed E-state index contributed by atoms with van der Waals surface area (Å²) in [6.45, 7) is 11.8. The zero-order valence-corrected chi connectivity index (χ0v) is 14.3. The first-order valence-corrected chi connectivity index (χ1v) is 7.52. The highest BCUT2D eigenvalue weighted by atomic mass is 17.1. The van der Waals surface area contributed by atoms with E-state index in [4.69, 9.17) is 14.7 Å². The smallest absolute Gasteiger partial charge is 0.127 e. The Hall–Kier alpha value is -1.52. The molecule has 1 aromatic carbocycles. The quantitative estimate of drug-likeness (QED) is 0.657. The van der Waals surface area contributed by atoms with Crippen molar-refractivity contribution in [3.8, 4) is 5.75 Å². The summed E-state index contributed by atoms with van der Waals surface area (Å²) in [7, 11) is 1.61. The number of rotatable bonds is 4. The van der Waals surface area contributed by atoms with Crippen molar-refractivity contribution in [3.63, 3.8) is 0 Å². The molecule has 4 nitrogen and oxygen atoms in total. The molecule has 2 rings (SSSR count). The molecule has 0 saturated carbocycles. The van der Waals surface area contributed by atoms with Gasteiger partial charge >= 0.3 is 0 Å². The lowest BCUT2D eigenvalue weighted by Gasteiger charge is -2.30. The third kappa shape index (κ3) is 3.13. The summed E-state index contributed by atoms with van der Waals surface area (Å²) in [4.78, 5) is 4.22. The highest BCUT2D eigenvalue weighted by Crippen LogP contribution is 2.49. The summed E-state index contributed by atoms with van der Waals surface area (Å²) in [6.07, 6.45) is 0. The van der Waals surface area contributed by atoms with Gasteiger partial charge in [0.25, 0.3) is 0 Å². The van der Waals surface area contributed by atoms with E-state index in [0.717, 1.165) is 16.9 Å². The third-order valence-corrected chi connectivity index (χ3v) is 4.00. The largest absolute Gasteiger partial charge is 0.496 e. The van der Waals surface area contributed by atoms with Gasteiger partial charge in [-0.25, -0.2) is 4.89 Å². The molecule has 1 aliphatic heterocycles. The Morgan fingerprint density at radius 3 is 2.50 bits per heavy atom. The Morgan fingerprint density at radius 2 is 1.95 bits per heavy atom. The summed E-state index contributed by atoms with van der Waals surface area (Å²) in [5, 5.41) is 8.65. The molecule has 0 saturated heterocycles. The highest BCUT2D eigenvalue weighted by molar-refractivity contribution is 5.69. The van der Waals surface area contributed by atoms with Gasteiger partial charge in [-0.15, -0.1) is 0 Å². The van der Waals surface area contributed by atoms with Crippen molar-refractivity contribution in [3.05, 3.63) is 34.9 Å². The van der Waals surface area contributed by atoms with E-state index in [1.807, 2.05) is 18.2 Å². The molecular weight excluding hydrogens is 280 g/mol. The molecule has 0 spiro atoms. The maximum absolute atomic E-state index is 8.65. The van der Waals surface area contributed by atoms with Crippen LogP contribution in [0.3, 0.4) is 0 Å². The van der Waals surface area contributed by atoms with Crippen LogP contribution < -0.4 is 4.74 Å². The van der Waals surface area contributed by atoms with E-state index in [1.54, 1.807) is 7.11 Å². The molecule has 1 aromatic rings. The van der Waals surface area contributed by atoms with Gasteiger partial charge < -0.3 is 9.47 Å². The molecule has 0 amide bonds. The van der Waals surface area contributed by atoms with Crippen LogP contribution in [-0.2, 0) is 16.2 Å². The van der Waals surface area contributed by atoms with Gasteiger partial charge in [0.15, 0.2) is 0 Å². The van der Waals surface area contributed by atoms with Gasteiger partial charge in [-0.1, -0.05) is 46.8 Å². The van der Waals surface area contributed by atoms with Crippen molar-refractivity contribution >= 4 is 5.76 Å². The Morgan fingerprint density at radius 1 is 1.27 bits per heavy atom. The number of hydrogen-bond donors (Lipinski definition) is 1. The number of ether oxygens (including phenoxy) is 2. The maximum atomic E-state index is 8.65. The van der Waals surface area contributed by atoms with E-state index < -0.39 is 0 Å². The second kappa shape index (κ2) is 5.94. The molecule has 4 heteroatoms. The Balaban J connectivity index is 2.54. The highest BCUT2D eigenvalue weighted by Gasteiger charge is 2.41. The topological polar surface area (TPSA) is 47.9 Å².